The minimum Gasteiger partial charge on any atom is -0.466 e. The number of ether oxygens (including phenoxy) is 1. The van der Waals surface area contributed by atoms with Crippen molar-refractivity contribution in [2.75, 3.05) is 6.61 Å². The number of rotatable bonds is 5. The van der Waals surface area contributed by atoms with Crippen molar-refractivity contribution in [2.45, 2.75) is 26.7 Å². The predicted molar refractivity (Wildman–Crippen MR) is 67.5 cm³/mol. The first-order chi connectivity index (χ1) is 9.03. The molecule has 0 aliphatic heterocycles. The molecule has 0 bridgehead atoms. The summed E-state index contributed by atoms with van der Waals surface area (Å²) in [4.78, 5) is 21.9. The van der Waals surface area contributed by atoms with Gasteiger partial charge in [0.05, 0.1) is 35.1 Å². The second-order valence-corrected chi connectivity index (χ2v) is 3.85. The minimum atomic E-state index is -0.577. The molecule has 0 saturated carbocycles. The Labute approximate surface area is 110 Å². The number of nitro benzene ring substituents is 1. The van der Waals surface area contributed by atoms with Gasteiger partial charge in [-0.25, -0.2) is 0 Å². The van der Waals surface area contributed by atoms with Crippen LogP contribution in [0.2, 0.25) is 0 Å². The van der Waals surface area contributed by atoms with Crippen LogP contribution in [-0.2, 0) is 22.4 Å². The van der Waals surface area contributed by atoms with Gasteiger partial charge in [-0.05, 0) is 25.0 Å². The van der Waals surface area contributed by atoms with Gasteiger partial charge < -0.3 is 4.74 Å². The first-order valence-corrected chi connectivity index (χ1v) is 5.89. The molecule has 1 aromatic rings. The van der Waals surface area contributed by atoms with Gasteiger partial charge in [-0.3, -0.25) is 14.9 Å². The van der Waals surface area contributed by atoms with Crippen molar-refractivity contribution in [3.63, 3.8) is 0 Å². The summed E-state index contributed by atoms with van der Waals surface area (Å²) in [6.45, 7) is 3.69. The van der Waals surface area contributed by atoms with Crippen LogP contribution in [0.1, 0.15) is 30.5 Å². The highest BCUT2D eigenvalue weighted by molar-refractivity contribution is 5.76. The van der Waals surface area contributed by atoms with Gasteiger partial charge in [0.25, 0.3) is 5.69 Å². The molecule has 1 aromatic carbocycles. The zero-order valence-corrected chi connectivity index (χ0v) is 10.8. The summed E-state index contributed by atoms with van der Waals surface area (Å²) in [5.74, 6) is -0.577. The van der Waals surface area contributed by atoms with Crippen molar-refractivity contribution in [2.24, 2.45) is 0 Å². The fraction of sp³-hybridized carbons (Fsp3) is 0.385. The molecule has 6 heteroatoms. The smallest absolute Gasteiger partial charge is 0.310 e. The first kappa shape index (κ1) is 14.6. The summed E-state index contributed by atoms with van der Waals surface area (Å²) in [5, 5.41) is 20.1. The number of benzene rings is 1. The molecule has 0 saturated heterocycles. The van der Waals surface area contributed by atoms with E-state index in [0.717, 1.165) is 0 Å². The highest BCUT2D eigenvalue weighted by atomic mass is 16.6. The van der Waals surface area contributed by atoms with Crippen LogP contribution in [-0.4, -0.2) is 17.5 Å². The van der Waals surface area contributed by atoms with Gasteiger partial charge >= 0.3 is 5.97 Å². The fourth-order valence-corrected chi connectivity index (χ4v) is 1.72. The Bertz CT molecular complexity index is 546. The number of nitriles is 1. The van der Waals surface area contributed by atoms with E-state index in [1.807, 2.05) is 13.0 Å². The molecule has 0 unspecified atom stereocenters. The lowest BCUT2D eigenvalue weighted by molar-refractivity contribution is -0.385. The van der Waals surface area contributed by atoms with Crippen molar-refractivity contribution in [1.82, 2.24) is 0 Å². The third-order valence-corrected chi connectivity index (χ3v) is 2.64. The Hall–Kier alpha value is -2.42. The zero-order valence-electron chi connectivity index (χ0n) is 10.8. The summed E-state index contributed by atoms with van der Waals surface area (Å²) in [6.07, 6.45) is 0.312. The van der Waals surface area contributed by atoms with Crippen molar-refractivity contribution in [1.29, 1.82) is 5.26 Å². The van der Waals surface area contributed by atoms with Gasteiger partial charge in [0.1, 0.15) is 0 Å². The quantitative estimate of drug-likeness (QED) is 0.460. The third kappa shape index (κ3) is 3.52. The van der Waals surface area contributed by atoms with Crippen LogP contribution in [0.3, 0.4) is 0 Å². The average molecular weight is 262 g/mol. The van der Waals surface area contributed by atoms with E-state index in [1.165, 1.54) is 6.07 Å². The maximum Gasteiger partial charge on any atom is 0.310 e. The minimum absolute atomic E-state index is 0.114. The average Bonchev–Trinajstić information content (AvgIpc) is 2.38. The Balaban J connectivity index is 3.30. The van der Waals surface area contributed by atoms with Crippen LogP contribution in [0, 0.1) is 21.4 Å². The van der Waals surface area contributed by atoms with Crippen molar-refractivity contribution >= 4 is 11.7 Å². The topological polar surface area (TPSA) is 93.2 Å². The largest absolute Gasteiger partial charge is 0.466 e. The monoisotopic (exact) mass is 262 g/mol. The summed E-state index contributed by atoms with van der Waals surface area (Å²) in [5.41, 5.74) is 0.752. The molecule has 0 amide bonds. The number of esters is 1. The molecule has 0 N–H and O–H groups in total. The molecule has 100 valence electrons. The highest BCUT2D eigenvalue weighted by Gasteiger charge is 2.22. The number of carbonyl (C=O) groups excluding carboxylic acids is 1. The zero-order chi connectivity index (χ0) is 14.4. The molecule has 0 spiro atoms. The van der Waals surface area contributed by atoms with Gasteiger partial charge in [-0.2, -0.15) is 5.26 Å². The number of hydrogen-bond donors (Lipinski definition) is 0. The molecule has 6 nitrogen and oxygen atoms in total. The Morgan fingerprint density at radius 2 is 2.16 bits per heavy atom. The Morgan fingerprint density at radius 1 is 1.47 bits per heavy atom. The third-order valence-electron chi connectivity index (χ3n) is 2.64. The van der Waals surface area contributed by atoms with Crippen LogP contribution >= 0.6 is 0 Å². The Kier molecular flexibility index (Phi) is 5.01. The van der Waals surface area contributed by atoms with Crippen LogP contribution in [0.15, 0.2) is 12.1 Å². The lowest BCUT2D eigenvalue weighted by atomic mass is 9.99. The molecule has 0 aliphatic rings. The summed E-state index contributed by atoms with van der Waals surface area (Å²) in [6, 6.07) is 4.87. The van der Waals surface area contributed by atoms with Crippen molar-refractivity contribution in [3.05, 3.63) is 38.9 Å². The molecule has 0 heterocycles. The van der Waals surface area contributed by atoms with Gasteiger partial charge in [-0.15, -0.1) is 0 Å². The number of aryl methyl sites for hydroxylation is 1. The second kappa shape index (κ2) is 6.50. The number of carbonyl (C=O) groups is 1. The molecule has 0 fully saturated rings. The maximum atomic E-state index is 11.5. The molecule has 1 rings (SSSR count). The molecule has 0 aromatic heterocycles. The van der Waals surface area contributed by atoms with Gasteiger partial charge in [-0.1, -0.05) is 6.92 Å². The summed E-state index contributed by atoms with van der Waals surface area (Å²) in [7, 11) is 0. The van der Waals surface area contributed by atoms with Gasteiger partial charge in [0.15, 0.2) is 0 Å². The maximum absolute atomic E-state index is 11.5. The molecule has 19 heavy (non-hydrogen) atoms. The fourth-order valence-electron chi connectivity index (χ4n) is 1.72. The van der Waals surface area contributed by atoms with Gasteiger partial charge in [0, 0.05) is 6.07 Å². The molecule has 0 atom stereocenters. The van der Waals surface area contributed by atoms with Crippen molar-refractivity contribution < 1.29 is 14.5 Å². The highest BCUT2D eigenvalue weighted by Crippen LogP contribution is 2.25. The lowest BCUT2D eigenvalue weighted by Crippen LogP contribution is -2.11. The van der Waals surface area contributed by atoms with E-state index < -0.39 is 10.9 Å². The van der Waals surface area contributed by atoms with E-state index in [9.17, 15) is 14.9 Å². The number of nitrogens with zero attached hydrogens (tertiary/aromatic N) is 2. The molecular weight excluding hydrogens is 248 g/mol. The Morgan fingerprint density at radius 3 is 2.63 bits per heavy atom. The van der Waals surface area contributed by atoms with E-state index in [4.69, 9.17) is 10.00 Å². The van der Waals surface area contributed by atoms with Crippen molar-refractivity contribution in [3.8, 4) is 6.07 Å². The summed E-state index contributed by atoms with van der Waals surface area (Å²) >= 11 is 0. The van der Waals surface area contributed by atoms with E-state index in [1.54, 1.807) is 13.0 Å². The van der Waals surface area contributed by atoms with Crippen LogP contribution in [0.5, 0.6) is 0 Å². The number of nitro groups is 1. The van der Waals surface area contributed by atoms with Crippen LogP contribution < -0.4 is 0 Å². The van der Waals surface area contributed by atoms with Crippen LogP contribution in [0.25, 0.3) is 0 Å². The van der Waals surface area contributed by atoms with Crippen LogP contribution in [0.4, 0.5) is 5.69 Å². The predicted octanol–water partition coefficient (Wildman–Crippen LogP) is 2.13. The normalized spacial score (nSPS) is 9.74. The van der Waals surface area contributed by atoms with Gasteiger partial charge in [0.2, 0.25) is 0 Å². The van der Waals surface area contributed by atoms with E-state index in [-0.39, 0.29) is 29.8 Å². The molecule has 0 aliphatic carbocycles. The number of hydrogen-bond acceptors (Lipinski definition) is 5. The molecule has 0 radical (unpaired) electrons. The lowest BCUT2D eigenvalue weighted by Gasteiger charge is -2.07. The summed E-state index contributed by atoms with van der Waals surface area (Å²) < 4.78 is 4.77. The first-order valence-electron chi connectivity index (χ1n) is 5.89. The second-order valence-electron chi connectivity index (χ2n) is 3.85. The van der Waals surface area contributed by atoms with E-state index in [2.05, 4.69) is 0 Å². The van der Waals surface area contributed by atoms with E-state index in [0.29, 0.717) is 12.0 Å². The van der Waals surface area contributed by atoms with E-state index >= 15 is 0 Å². The molecular formula is C13H14N2O4. The standard InChI is InChI=1S/C13H14N2O4/c1-3-9-5-10(8-14)11(7-13(16)19-4-2)12(6-9)15(17)18/h5-6H,3-4,7H2,1-2H3. The SMILES string of the molecule is CCOC(=O)Cc1c(C#N)cc(CC)cc1[N+](=O)[O-].